The van der Waals surface area contributed by atoms with Crippen molar-refractivity contribution in [2.45, 2.75) is 32.9 Å². The van der Waals surface area contributed by atoms with Crippen molar-refractivity contribution >= 4 is 0 Å². The number of rotatable bonds is 6. The fourth-order valence-electron chi connectivity index (χ4n) is 1.79. The lowest BCUT2D eigenvalue weighted by atomic mass is 10.0. The zero-order valence-corrected chi connectivity index (χ0v) is 9.86. The van der Waals surface area contributed by atoms with E-state index in [2.05, 4.69) is 43.4 Å². The van der Waals surface area contributed by atoms with Gasteiger partial charge in [0.2, 0.25) is 0 Å². The summed E-state index contributed by atoms with van der Waals surface area (Å²) in [5.41, 5.74) is 1.29. The molecule has 2 heteroatoms. The van der Waals surface area contributed by atoms with Crippen LogP contribution >= 0.6 is 0 Å². The second-order valence-electron chi connectivity index (χ2n) is 3.61. The standard InChI is InChI=1S/C13H21NO/c1-4-14-13(11(3)15-5-2)12-9-7-6-8-10-12/h6-11,13-14H,4-5H2,1-3H3. The van der Waals surface area contributed by atoms with Gasteiger partial charge in [0.1, 0.15) is 0 Å². The Morgan fingerprint density at radius 1 is 1.20 bits per heavy atom. The summed E-state index contributed by atoms with van der Waals surface area (Å²) in [6.45, 7) is 7.98. The molecule has 0 saturated carbocycles. The van der Waals surface area contributed by atoms with Gasteiger partial charge in [-0.3, -0.25) is 0 Å². The highest BCUT2D eigenvalue weighted by Gasteiger charge is 2.17. The number of ether oxygens (including phenoxy) is 1. The summed E-state index contributed by atoms with van der Waals surface area (Å²) in [6, 6.07) is 10.7. The minimum absolute atomic E-state index is 0.206. The fraction of sp³-hybridized carbons (Fsp3) is 0.538. The highest BCUT2D eigenvalue weighted by Crippen LogP contribution is 2.18. The molecule has 15 heavy (non-hydrogen) atoms. The Labute approximate surface area is 92.6 Å². The number of hydrogen-bond acceptors (Lipinski definition) is 2. The van der Waals surface area contributed by atoms with E-state index in [1.807, 2.05) is 13.0 Å². The molecule has 0 bridgehead atoms. The van der Waals surface area contributed by atoms with E-state index in [1.165, 1.54) is 5.56 Å². The van der Waals surface area contributed by atoms with Crippen molar-refractivity contribution in [1.82, 2.24) is 5.32 Å². The second kappa shape index (κ2) is 6.59. The van der Waals surface area contributed by atoms with Crippen molar-refractivity contribution in [1.29, 1.82) is 0 Å². The van der Waals surface area contributed by atoms with Gasteiger partial charge < -0.3 is 10.1 Å². The average Bonchev–Trinajstić information content (AvgIpc) is 2.27. The predicted octanol–water partition coefficient (Wildman–Crippen LogP) is 2.76. The van der Waals surface area contributed by atoms with E-state index in [9.17, 15) is 0 Å². The molecule has 0 saturated heterocycles. The summed E-state index contributed by atoms with van der Waals surface area (Å²) in [5, 5.41) is 3.46. The number of benzene rings is 1. The molecule has 1 rings (SSSR count). The third kappa shape index (κ3) is 3.65. The van der Waals surface area contributed by atoms with E-state index in [-0.39, 0.29) is 12.1 Å². The Bertz CT molecular complexity index is 260. The first-order valence-electron chi connectivity index (χ1n) is 5.69. The Morgan fingerprint density at radius 2 is 1.87 bits per heavy atom. The van der Waals surface area contributed by atoms with Gasteiger partial charge in [-0.2, -0.15) is 0 Å². The van der Waals surface area contributed by atoms with Gasteiger partial charge in [-0.1, -0.05) is 37.3 Å². The molecule has 84 valence electrons. The summed E-state index contributed by atoms with van der Waals surface area (Å²) >= 11 is 0. The van der Waals surface area contributed by atoms with Crippen LogP contribution in [0.2, 0.25) is 0 Å². The van der Waals surface area contributed by atoms with Crippen LogP contribution in [0.15, 0.2) is 30.3 Å². The quantitative estimate of drug-likeness (QED) is 0.774. The van der Waals surface area contributed by atoms with Crippen molar-refractivity contribution in [3.8, 4) is 0 Å². The summed E-state index contributed by atoms with van der Waals surface area (Å²) in [7, 11) is 0. The molecule has 0 aliphatic heterocycles. The fourth-order valence-corrected chi connectivity index (χ4v) is 1.79. The minimum atomic E-state index is 0.206. The van der Waals surface area contributed by atoms with Crippen LogP contribution in [0.3, 0.4) is 0 Å². The first kappa shape index (κ1) is 12.2. The van der Waals surface area contributed by atoms with Crippen molar-refractivity contribution in [2.75, 3.05) is 13.2 Å². The lowest BCUT2D eigenvalue weighted by molar-refractivity contribution is 0.0477. The molecule has 0 heterocycles. The largest absolute Gasteiger partial charge is 0.377 e. The van der Waals surface area contributed by atoms with Gasteiger partial charge in [0.05, 0.1) is 12.1 Å². The highest BCUT2D eigenvalue weighted by atomic mass is 16.5. The molecule has 1 aromatic carbocycles. The third-order valence-corrected chi connectivity index (χ3v) is 2.48. The first-order chi connectivity index (χ1) is 7.29. The van der Waals surface area contributed by atoms with Crippen molar-refractivity contribution in [3.63, 3.8) is 0 Å². The Hall–Kier alpha value is -0.860. The number of hydrogen-bond donors (Lipinski definition) is 1. The lowest BCUT2D eigenvalue weighted by Gasteiger charge is -2.25. The Morgan fingerprint density at radius 3 is 2.40 bits per heavy atom. The molecule has 1 aromatic rings. The van der Waals surface area contributed by atoms with E-state index in [0.29, 0.717) is 0 Å². The number of likely N-dealkylation sites (N-methyl/N-ethyl adjacent to an activating group) is 1. The smallest absolute Gasteiger partial charge is 0.0741 e. The van der Waals surface area contributed by atoms with Crippen molar-refractivity contribution < 1.29 is 4.74 Å². The van der Waals surface area contributed by atoms with E-state index >= 15 is 0 Å². The van der Waals surface area contributed by atoms with E-state index in [0.717, 1.165) is 13.2 Å². The molecule has 0 aliphatic rings. The normalized spacial score (nSPS) is 14.9. The summed E-state index contributed by atoms with van der Waals surface area (Å²) in [4.78, 5) is 0. The molecule has 0 aromatic heterocycles. The van der Waals surface area contributed by atoms with Gasteiger partial charge in [-0.25, -0.2) is 0 Å². The van der Waals surface area contributed by atoms with Crippen LogP contribution in [-0.2, 0) is 4.74 Å². The molecule has 2 atom stereocenters. The van der Waals surface area contributed by atoms with Gasteiger partial charge >= 0.3 is 0 Å². The Kier molecular flexibility index (Phi) is 5.37. The Balaban J connectivity index is 2.73. The van der Waals surface area contributed by atoms with Crippen LogP contribution in [-0.4, -0.2) is 19.3 Å². The molecule has 0 amide bonds. The highest BCUT2D eigenvalue weighted by molar-refractivity contribution is 5.19. The van der Waals surface area contributed by atoms with Crippen LogP contribution in [0.4, 0.5) is 0 Å². The lowest BCUT2D eigenvalue weighted by Crippen LogP contribution is -2.31. The molecule has 0 fully saturated rings. The van der Waals surface area contributed by atoms with Gasteiger partial charge in [-0.15, -0.1) is 0 Å². The summed E-state index contributed by atoms with van der Waals surface area (Å²) in [5.74, 6) is 0. The molecule has 2 unspecified atom stereocenters. The van der Waals surface area contributed by atoms with E-state index in [1.54, 1.807) is 0 Å². The van der Waals surface area contributed by atoms with Gasteiger partial charge in [0.15, 0.2) is 0 Å². The average molecular weight is 207 g/mol. The van der Waals surface area contributed by atoms with Crippen molar-refractivity contribution in [3.05, 3.63) is 35.9 Å². The SMILES string of the molecule is CCNC(c1ccccc1)C(C)OCC. The van der Waals surface area contributed by atoms with Crippen LogP contribution in [0.25, 0.3) is 0 Å². The molecule has 2 nitrogen and oxygen atoms in total. The molecule has 1 N–H and O–H groups in total. The zero-order valence-electron chi connectivity index (χ0n) is 9.86. The predicted molar refractivity (Wildman–Crippen MR) is 63.9 cm³/mol. The molecule has 0 spiro atoms. The van der Waals surface area contributed by atoms with Crippen molar-refractivity contribution in [2.24, 2.45) is 0 Å². The van der Waals surface area contributed by atoms with Crippen LogP contribution < -0.4 is 5.32 Å². The summed E-state index contributed by atoms with van der Waals surface area (Å²) < 4.78 is 5.65. The van der Waals surface area contributed by atoms with E-state index in [4.69, 9.17) is 4.74 Å². The topological polar surface area (TPSA) is 21.3 Å². The second-order valence-corrected chi connectivity index (χ2v) is 3.61. The maximum atomic E-state index is 5.65. The van der Waals surface area contributed by atoms with Gasteiger partial charge in [-0.05, 0) is 26.0 Å². The zero-order chi connectivity index (χ0) is 11.1. The minimum Gasteiger partial charge on any atom is -0.377 e. The first-order valence-corrected chi connectivity index (χ1v) is 5.69. The van der Waals surface area contributed by atoms with Gasteiger partial charge in [0, 0.05) is 6.61 Å². The maximum absolute atomic E-state index is 5.65. The molecular formula is C13H21NO. The van der Waals surface area contributed by atoms with Gasteiger partial charge in [0.25, 0.3) is 0 Å². The number of nitrogens with one attached hydrogen (secondary N) is 1. The molecular weight excluding hydrogens is 186 g/mol. The van der Waals surface area contributed by atoms with Crippen LogP contribution in [0.5, 0.6) is 0 Å². The molecule has 0 aliphatic carbocycles. The monoisotopic (exact) mass is 207 g/mol. The molecule has 0 radical (unpaired) electrons. The maximum Gasteiger partial charge on any atom is 0.0741 e. The summed E-state index contributed by atoms with van der Waals surface area (Å²) in [6.07, 6.45) is 0.206. The van der Waals surface area contributed by atoms with Crippen LogP contribution in [0, 0.1) is 0 Å². The van der Waals surface area contributed by atoms with E-state index < -0.39 is 0 Å². The van der Waals surface area contributed by atoms with Crippen LogP contribution in [0.1, 0.15) is 32.4 Å². The third-order valence-electron chi connectivity index (χ3n) is 2.48.